The summed E-state index contributed by atoms with van der Waals surface area (Å²) in [4.78, 5) is 11.9. The number of carbonyl (C=O) groups is 1. The predicted molar refractivity (Wildman–Crippen MR) is 63.0 cm³/mol. The molecule has 3 nitrogen and oxygen atoms in total. The molecule has 0 fully saturated rings. The second-order valence-electron chi connectivity index (χ2n) is 4.26. The molecule has 1 unspecified atom stereocenters. The number of carbonyl (C=O) groups excluding carboxylic acids is 1. The highest BCUT2D eigenvalue weighted by molar-refractivity contribution is 7.80. The van der Waals surface area contributed by atoms with Gasteiger partial charge in [0, 0.05) is 6.54 Å². The first-order chi connectivity index (χ1) is 6.36. The van der Waals surface area contributed by atoms with Gasteiger partial charge in [-0.1, -0.05) is 39.9 Å². The number of hydrogen-bond donors (Lipinski definition) is 2. The lowest BCUT2D eigenvalue weighted by Crippen LogP contribution is -2.41. The van der Waals surface area contributed by atoms with Crippen molar-refractivity contribution in [2.45, 2.75) is 27.7 Å². The number of nitrogens with one attached hydrogen (secondary N) is 1. The molecule has 0 spiro atoms. The van der Waals surface area contributed by atoms with Gasteiger partial charge in [-0.25, -0.2) is 0 Å². The van der Waals surface area contributed by atoms with Crippen LogP contribution in [0.15, 0.2) is 0 Å². The zero-order chi connectivity index (χ0) is 11.3. The van der Waals surface area contributed by atoms with E-state index in [0.717, 1.165) is 0 Å². The van der Waals surface area contributed by atoms with Crippen LogP contribution in [0.2, 0.25) is 0 Å². The molecule has 3 N–H and O–H groups in total. The van der Waals surface area contributed by atoms with Gasteiger partial charge < -0.3 is 11.1 Å². The predicted octanol–water partition coefficient (Wildman–Crippen LogP) is 1.32. The first-order valence-electron chi connectivity index (χ1n) is 4.93. The number of amides is 1. The van der Waals surface area contributed by atoms with E-state index in [1.165, 1.54) is 0 Å². The number of thiocarbonyl (C=S) groups is 1. The van der Waals surface area contributed by atoms with Crippen molar-refractivity contribution in [3.63, 3.8) is 0 Å². The van der Waals surface area contributed by atoms with Crippen LogP contribution >= 0.6 is 12.2 Å². The summed E-state index contributed by atoms with van der Waals surface area (Å²) >= 11 is 4.87. The van der Waals surface area contributed by atoms with Crippen LogP contribution in [0.5, 0.6) is 0 Å². The number of hydrogen-bond acceptors (Lipinski definition) is 2. The molecule has 0 aliphatic rings. The van der Waals surface area contributed by atoms with Gasteiger partial charge in [-0.15, -0.1) is 0 Å². The molecule has 0 saturated carbocycles. The maximum Gasteiger partial charge on any atom is 0.230 e. The van der Waals surface area contributed by atoms with Crippen molar-refractivity contribution in [3.8, 4) is 0 Å². The van der Waals surface area contributed by atoms with Gasteiger partial charge in [-0.05, 0) is 11.8 Å². The Morgan fingerprint density at radius 2 is 1.86 bits per heavy atom. The normalized spacial score (nSPS) is 13.0. The van der Waals surface area contributed by atoms with Crippen molar-refractivity contribution >= 4 is 23.1 Å². The molecular formula is C10H20N2OS. The molecule has 0 aromatic carbocycles. The van der Waals surface area contributed by atoms with E-state index in [4.69, 9.17) is 18.0 Å². The molecule has 0 aliphatic carbocycles. The second kappa shape index (κ2) is 5.96. The van der Waals surface area contributed by atoms with Gasteiger partial charge in [0.1, 0.15) is 0 Å². The van der Waals surface area contributed by atoms with Crippen molar-refractivity contribution in [1.82, 2.24) is 5.32 Å². The monoisotopic (exact) mass is 216 g/mol. The molecule has 1 amide bonds. The standard InChI is InChI=1S/C10H20N2OS/c1-6(2)5-12-10(13)8(7(3)4)9(11)14/h6-8H,5H2,1-4H3,(H2,11,14)(H,12,13). The third-order valence-electron chi connectivity index (χ3n) is 1.94. The highest BCUT2D eigenvalue weighted by Crippen LogP contribution is 2.11. The molecule has 14 heavy (non-hydrogen) atoms. The molecule has 0 aromatic rings. The minimum atomic E-state index is -0.344. The van der Waals surface area contributed by atoms with E-state index in [1.807, 2.05) is 27.7 Å². The van der Waals surface area contributed by atoms with Crippen LogP contribution in [-0.4, -0.2) is 17.4 Å². The Labute approximate surface area is 91.4 Å². The molecule has 0 saturated heterocycles. The Morgan fingerprint density at radius 3 is 2.14 bits per heavy atom. The summed E-state index contributed by atoms with van der Waals surface area (Å²) in [6.07, 6.45) is 0. The average molecular weight is 216 g/mol. The van der Waals surface area contributed by atoms with E-state index >= 15 is 0 Å². The number of rotatable bonds is 5. The molecule has 82 valence electrons. The van der Waals surface area contributed by atoms with E-state index in [-0.39, 0.29) is 22.7 Å². The molecule has 4 heteroatoms. The van der Waals surface area contributed by atoms with Gasteiger partial charge in [-0.2, -0.15) is 0 Å². The van der Waals surface area contributed by atoms with Crippen LogP contribution in [0.4, 0.5) is 0 Å². The van der Waals surface area contributed by atoms with Crippen LogP contribution < -0.4 is 11.1 Å². The average Bonchev–Trinajstić information content (AvgIpc) is 1.99. The van der Waals surface area contributed by atoms with E-state index in [2.05, 4.69) is 5.32 Å². The number of nitrogens with two attached hydrogens (primary N) is 1. The molecule has 0 aromatic heterocycles. The maximum absolute atomic E-state index is 11.7. The second-order valence-corrected chi connectivity index (χ2v) is 4.73. The molecule has 0 heterocycles. The zero-order valence-corrected chi connectivity index (χ0v) is 10.1. The lowest BCUT2D eigenvalue weighted by atomic mass is 9.95. The summed E-state index contributed by atoms with van der Waals surface area (Å²) in [6, 6.07) is 0. The fourth-order valence-corrected chi connectivity index (χ4v) is 1.55. The van der Waals surface area contributed by atoms with Gasteiger partial charge in [0.15, 0.2) is 0 Å². The van der Waals surface area contributed by atoms with Crippen molar-refractivity contribution in [3.05, 3.63) is 0 Å². The lowest BCUT2D eigenvalue weighted by molar-refractivity contribution is -0.124. The van der Waals surface area contributed by atoms with Crippen LogP contribution in [0.1, 0.15) is 27.7 Å². The summed E-state index contributed by atoms with van der Waals surface area (Å²) in [6.45, 7) is 8.65. The van der Waals surface area contributed by atoms with Gasteiger partial charge in [0.25, 0.3) is 0 Å². The van der Waals surface area contributed by atoms with Crippen molar-refractivity contribution in [1.29, 1.82) is 0 Å². The van der Waals surface area contributed by atoms with Gasteiger partial charge in [0.2, 0.25) is 5.91 Å². The summed E-state index contributed by atoms with van der Waals surface area (Å²) in [5.41, 5.74) is 5.52. The van der Waals surface area contributed by atoms with E-state index in [1.54, 1.807) is 0 Å². The highest BCUT2D eigenvalue weighted by Gasteiger charge is 2.24. The Balaban J connectivity index is 4.24. The Bertz CT molecular complexity index is 214. The minimum Gasteiger partial charge on any atom is -0.393 e. The van der Waals surface area contributed by atoms with Crippen LogP contribution in [-0.2, 0) is 4.79 Å². The van der Waals surface area contributed by atoms with Crippen LogP contribution in [0.3, 0.4) is 0 Å². The molecule has 1 atom stereocenters. The van der Waals surface area contributed by atoms with Crippen LogP contribution in [0.25, 0.3) is 0 Å². The topological polar surface area (TPSA) is 55.1 Å². The van der Waals surface area contributed by atoms with Crippen molar-refractivity contribution < 1.29 is 4.79 Å². The van der Waals surface area contributed by atoms with Gasteiger partial charge >= 0.3 is 0 Å². The summed E-state index contributed by atoms with van der Waals surface area (Å²) in [5.74, 6) is 0.197. The maximum atomic E-state index is 11.7. The molecular weight excluding hydrogens is 196 g/mol. The highest BCUT2D eigenvalue weighted by atomic mass is 32.1. The lowest BCUT2D eigenvalue weighted by Gasteiger charge is -2.19. The minimum absolute atomic E-state index is 0.0544. The van der Waals surface area contributed by atoms with E-state index < -0.39 is 0 Å². The zero-order valence-electron chi connectivity index (χ0n) is 9.33. The fourth-order valence-electron chi connectivity index (χ4n) is 1.18. The molecule has 0 aliphatic heterocycles. The fraction of sp³-hybridized carbons (Fsp3) is 0.800. The first kappa shape index (κ1) is 13.4. The van der Waals surface area contributed by atoms with Crippen molar-refractivity contribution in [2.75, 3.05) is 6.54 Å². The van der Waals surface area contributed by atoms with E-state index in [0.29, 0.717) is 12.5 Å². The summed E-state index contributed by atoms with van der Waals surface area (Å²) in [7, 11) is 0. The Kier molecular flexibility index (Phi) is 5.69. The molecule has 0 rings (SSSR count). The summed E-state index contributed by atoms with van der Waals surface area (Å²) < 4.78 is 0. The smallest absolute Gasteiger partial charge is 0.230 e. The largest absolute Gasteiger partial charge is 0.393 e. The Morgan fingerprint density at radius 1 is 1.36 bits per heavy atom. The SMILES string of the molecule is CC(C)CNC(=O)C(C(N)=S)C(C)C. The quantitative estimate of drug-likeness (QED) is 0.681. The van der Waals surface area contributed by atoms with Crippen LogP contribution in [0, 0.1) is 17.8 Å². The molecule has 0 radical (unpaired) electrons. The summed E-state index contributed by atoms with van der Waals surface area (Å²) in [5, 5.41) is 2.84. The van der Waals surface area contributed by atoms with E-state index in [9.17, 15) is 4.79 Å². The van der Waals surface area contributed by atoms with Gasteiger partial charge in [0.05, 0.1) is 10.9 Å². The molecule has 0 bridgehead atoms. The third kappa shape index (κ3) is 4.56. The Hall–Kier alpha value is -0.640. The van der Waals surface area contributed by atoms with Crippen molar-refractivity contribution in [2.24, 2.45) is 23.5 Å². The third-order valence-corrected chi connectivity index (χ3v) is 2.19. The van der Waals surface area contributed by atoms with Gasteiger partial charge in [-0.3, -0.25) is 4.79 Å². The first-order valence-corrected chi connectivity index (χ1v) is 5.34.